The molecule has 1 amide bonds. The molecule has 0 aromatic heterocycles. The maximum atomic E-state index is 11.9. The van der Waals surface area contributed by atoms with Crippen LogP contribution in [0.5, 0.6) is 5.75 Å². The van der Waals surface area contributed by atoms with Gasteiger partial charge in [0.1, 0.15) is 5.75 Å². The maximum Gasteiger partial charge on any atom is 0.335 e. The Hall–Kier alpha value is -2.82. The molecule has 2 aromatic rings. The van der Waals surface area contributed by atoms with Crippen LogP contribution in [-0.2, 0) is 4.79 Å². The number of likely N-dealkylation sites (tertiary alicyclic amines) is 1. The zero-order valence-corrected chi connectivity index (χ0v) is 17.0. The van der Waals surface area contributed by atoms with Crippen LogP contribution in [0.25, 0.3) is 11.1 Å². The highest BCUT2D eigenvalue weighted by atomic mass is 16.5. The molecule has 4 rings (SSSR count). The lowest BCUT2D eigenvalue weighted by Crippen LogP contribution is -2.39. The normalized spacial score (nSPS) is 19.8. The average molecular weight is 393 g/mol. The van der Waals surface area contributed by atoms with Crippen molar-refractivity contribution in [1.29, 1.82) is 0 Å². The van der Waals surface area contributed by atoms with Crippen LogP contribution < -0.4 is 4.74 Å². The van der Waals surface area contributed by atoms with Crippen molar-refractivity contribution in [3.05, 3.63) is 53.6 Å². The third-order valence-corrected chi connectivity index (χ3v) is 6.67. The Kier molecular flexibility index (Phi) is 5.07. The summed E-state index contributed by atoms with van der Waals surface area (Å²) in [7, 11) is 1.59. The van der Waals surface area contributed by atoms with Crippen molar-refractivity contribution in [3.8, 4) is 16.9 Å². The van der Waals surface area contributed by atoms with E-state index >= 15 is 0 Å². The quantitative estimate of drug-likeness (QED) is 0.808. The zero-order chi connectivity index (χ0) is 20.6. The number of methoxy groups -OCH3 is 1. The van der Waals surface area contributed by atoms with Gasteiger partial charge in [-0.1, -0.05) is 31.2 Å². The van der Waals surface area contributed by atoms with Gasteiger partial charge in [-0.3, -0.25) is 4.79 Å². The Morgan fingerprint density at radius 3 is 2.41 bits per heavy atom. The standard InChI is InChI=1S/C24H27NO4/c1-3-22(26)25-12-10-24(11-13-25)15-20(24)17-6-4-16(5-7-17)19-14-18(23(27)28)8-9-21(19)29-2/h4-9,14,20H,3,10-13,15H2,1-2H3,(H,27,28)/t20-/m1/s1. The highest BCUT2D eigenvalue weighted by molar-refractivity contribution is 5.90. The molecule has 1 saturated heterocycles. The van der Waals surface area contributed by atoms with E-state index in [2.05, 4.69) is 24.3 Å². The zero-order valence-electron chi connectivity index (χ0n) is 17.0. The summed E-state index contributed by atoms with van der Waals surface area (Å²) in [4.78, 5) is 25.3. The monoisotopic (exact) mass is 393 g/mol. The molecule has 1 saturated carbocycles. The highest BCUT2D eigenvalue weighted by Crippen LogP contribution is 2.65. The van der Waals surface area contributed by atoms with E-state index in [0.29, 0.717) is 23.5 Å². The molecule has 5 nitrogen and oxygen atoms in total. The second-order valence-corrected chi connectivity index (χ2v) is 8.20. The number of hydrogen-bond acceptors (Lipinski definition) is 3. The minimum Gasteiger partial charge on any atom is -0.496 e. The van der Waals surface area contributed by atoms with Crippen molar-refractivity contribution in [2.75, 3.05) is 20.2 Å². The van der Waals surface area contributed by atoms with Crippen LogP contribution in [0.4, 0.5) is 0 Å². The summed E-state index contributed by atoms with van der Waals surface area (Å²) in [5, 5.41) is 9.29. The van der Waals surface area contributed by atoms with Crippen LogP contribution in [0.15, 0.2) is 42.5 Å². The van der Waals surface area contributed by atoms with Gasteiger partial charge in [-0.05, 0) is 59.9 Å². The van der Waals surface area contributed by atoms with Crippen molar-refractivity contribution in [2.24, 2.45) is 5.41 Å². The largest absolute Gasteiger partial charge is 0.496 e. The third-order valence-electron chi connectivity index (χ3n) is 6.67. The molecule has 2 aliphatic rings. The molecule has 1 N–H and O–H groups in total. The van der Waals surface area contributed by atoms with E-state index in [4.69, 9.17) is 4.74 Å². The summed E-state index contributed by atoms with van der Waals surface area (Å²) in [6.07, 6.45) is 3.95. The van der Waals surface area contributed by atoms with Gasteiger partial charge in [-0.2, -0.15) is 0 Å². The van der Waals surface area contributed by atoms with E-state index in [0.717, 1.165) is 37.1 Å². The van der Waals surface area contributed by atoms with Gasteiger partial charge in [0.25, 0.3) is 0 Å². The number of aromatic carboxylic acids is 1. The lowest BCUT2D eigenvalue weighted by Gasteiger charge is -2.33. The summed E-state index contributed by atoms with van der Waals surface area (Å²) < 4.78 is 5.43. The van der Waals surface area contributed by atoms with Gasteiger partial charge in [0.05, 0.1) is 12.7 Å². The number of carbonyl (C=O) groups excluding carboxylic acids is 1. The van der Waals surface area contributed by atoms with Crippen molar-refractivity contribution < 1.29 is 19.4 Å². The minimum atomic E-state index is -0.946. The predicted octanol–water partition coefficient (Wildman–Crippen LogP) is 4.57. The highest BCUT2D eigenvalue weighted by Gasteiger charge is 2.55. The van der Waals surface area contributed by atoms with Crippen LogP contribution in [0.2, 0.25) is 0 Å². The third kappa shape index (κ3) is 3.61. The average Bonchev–Trinajstić information content (AvgIpc) is 3.46. The van der Waals surface area contributed by atoms with Crippen LogP contribution in [-0.4, -0.2) is 42.1 Å². The summed E-state index contributed by atoms with van der Waals surface area (Å²) >= 11 is 0. The molecule has 0 radical (unpaired) electrons. The molecule has 1 atom stereocenters. The van der Waals surface area contributed by atoms with Crippen LogP contribution in [0, 0.1) is 5.41 Å². The molecule has 1 aliphatic carbocycles. The topological polar surface area (TPSA) is 66.8 Å². The molecule has 1 aliphatic heterocycles. The Morgan fingerprint density at radius 2 is 1.83 bits per heavy atom. The van der Waals surface area contributed by atoms with Crippen molar-refractivity contribution >= 4 is 11.9 Å². The smallest absolute Gasteiger partial charge is 0.335 e. The SMILES string of the molecule is CCC(=O)N1CCC2(CC1)C[C@@H]2c1ccc(-c2cc(C(=O)O)ccc2OC)cc1. The summed E-state index contributed by atoms with van der Waals surface area (Å²) in [5.74, 6) is 0.540. The molecule has 1 spiro atoms. The number of benzene rings is 2. The van der Waals surface area contributed by atoms with Gasteiger partial charge in [0.15, 0.2) is 0 Å². The first-order chi connectivity index (χ1) is 14.0. The summed E-state index contributed by atoms with van der Waals surface area (Å²) in [6, 6.07) is 13.4. The van der Waals surface area contributed by atoms with Gasteiger partial charge in [-0.25, -0.2) is 4.79 Å². The number of carboxylic acid groups (broad SMARTS) is 1. The van der Waals surface area contributed by atoms with Gasteiger partial charge in [0.2, 0.25) is 5.91 Å². The Morgan fingerprint density at radius 1 is 1.14 bits per heavy atom. The Bertz CT molecular complexity index is 926. The molecule has 2 fully saturated rings. The van der Waals surface area contributed by atoms with Crippen LogP contribution >= 0.6 is 0 Å². The molecule has 0 bridgehead atoms. The second-order valence-electron chi connectivity index (χ2n) is 8.20. The molecule has 0 unspecified atom stereocenters. The number of carbonyl (C=O) groups is 2. The number of rotatable bonds is 5. The Balaban J connectivity index is 1.50. The summed E-state index contributed by atoms with van der Waals surface area (Å²) in [5.41, 5.74) is 3.67. The molecule has 5 heteroatoms. The molecule has 1 heterocycles. The van der Waals surface area contributed by atoms with E-state index in [1.807, 2.05) is 11.8 Å². The number of hydrogen-bond donors (Lipinski definition) is 1. The van der Waals surface area contributed by atoms with Crippen molar-refractivity contribution in [2.45, 2.75) is 38.5 Å². The van der Waals surface area contributed by atoms with Gasteiger partial charge >= 0.3 is 5.97 Å². The predicted molar refractivity (Wildman–Crippen MR) is 111 cm³/mol. The lowest BCUT2D eigenvalue weighted by molar-refractivity contribution is -0.132. The van der Waals surface area contributed by atoms with Gasteiger partial charge < -0.3 is 14.7 Å². The van der Waals surface area contributed by atoms with Crippen molar-refractivity contribution in [1.82, 2.24) is 4.90 Å². The first-order valence-corrected chi connectivity index (χ1v) is 10.3. The Labute approximate surface area is 171 Å². The lowest BCUT2D eigenvalue weighted by atomic mass is 9.88. The van der Waals surface area contributed by atoms with Crippen molar-refractivity contribution in [3.63, 3.8) is 0 Å². The first-order valence-electron chi connectivity index (χ1n) is 10.3. The van der Waals surface area contributed by atoms with E-state index < -0.39 is 5.97 Å². The number of amides is 1. The summed E-state index contributed by atoms with van der Waals surface area (Å²) in [6.45, 7) is 3.68. The van der Waals surface area contributed by atoms with E-state index in [-0.39, 0.29) is 11.5 Å². The fourth-order valence-electron chi connectivity index (χ4n) is 4.76. The minimum absolute atomic E-state index is 0.249. The fourth-order valence-corrected chi connectivity index (χ4v) is 4.76. The number of carboxylic acids is 1. The number of ether oxygens (including phenoxy) is 1. The maximum absolute atomic E-state index is 11.9. The van der Waals surface area contributed by atoms with Crippen LogP contribution in [0.3, 0.4) is 0 Å². The molecular formula is C24H27NO4. The molecule has 29 heavy (non-hydrogen) atoms. The molecular weight excluding hydrogens is 366 g/mol. The second kappa shape index (κ2) is 7.54. The van der Waals surface area contributed by atoms with E-state index in [9.17, 15) is 14.7 Å². The van der Waals surface area contributed by atoms with E-state index in [1.165, 1.54) is 12.0 Å². The molecule has 152 valence electrons. The fraction of sp³-hybridized carbons (Fsp3) is 0.417. The van der Waals surface area contributed by atoms with Crippen LogP contribution in [0.1, 0.15) is 54.4 Å². The van der Waals surface area contributed by atoms with Gasteiger partial charge in [0, 0.05) is 25.1 Å². The number of piperidine rings is 1. The van der Waals surface area contributed by atoms with E-state index in [1.54, 1.807) is 25.3 Å². The van der Waals surface area contributed by atoms with Gasteiger partial charge in [-0.15, -0.1) is 0 Å². The number of nitrogens with zero attached hydrogens (tertiary/aromatic N) is 1. The molecule has 2 aromatic carbocycles. The first kappa shape index (κ1) is 19.5.